The van der Waals surface area contributed by atoms with Crippen LogP contribution in [-0.2, 0) is 4.79 Å². The minimum absolute atomic E-state index is 0.00981. The Kier molecular flexibility index (Phi) is 10.2. The number of ether oxygens (including phenoxy) is 1. The molecule has 0 bridgehead atoms. The van der Waals surface area contributed by atoms with Crippen molar-refractivity contribution in [2.75, 3.05) is 13.2 Å². The second-order valence-electron chi connectivity index (χ2n) is 10.0. The number of hydrogen-bond donors (Lipinski definition) is 0. The van der Waals surface area contributed by atoms with E-state index in [2.05, 4.69) is 20.8 Å². The van der Waals surface area contributed by atoms with E-state index >= 15 is 0 Å². The van der Waals surface area contributed by atoms with Crippen molar-refractivity contribution in [3.63, 3.8) is 0 Å². The molecule has 0 N–H and O–H groups in total. The summed E-state index contributed by atoms with van der Waals surface area (Å²) >= 11 is 6.97. The highest BCUT2D eigenvalue weighted by molar-refractivity contribution is 8.26. The summed E-state index contributed by atoms with van der Waals surface area (Å²) in [6, 6.07) is 18.0. The highest BCUT2D eigenvalue weighted by Gasteiger charge is 2.32. The van der Waals surface area contributed by atoms with Crippen molar-refractivity contribution in [3.8, 4) is 22.7 Å². The largest absolute Gasteiger partial charge is 0.493 e. The fourth-order valence-corrected chi connectivity index (χ4v) is 5.59. The number of carbonyl (C=O) groups is 1. The molecule has 4 rings (SSSR count). The molecular weight excluding hydrogens is 510 g/mol. The Hall–Kier alpha value is -2.90. The Balaban J connectivity index is 1.56. The third-order valence-electron chi connectivity index (χ3n) is 6.37. The van der Waals surface area contributed by atoms with Crippen LogP contribution in [0.3, 0.4) is 0 Å². The molecule has 38 heavy (non-hydrogen) atoms. The molecule has 0 atom stereocenters. The Morgan fingerprint density at radius 2 is 1.71 bits per heavy atom. The van der Waals surface area contributed by atoms with Gasteiger partial charge < -0.3 is 4.74 Å². The number of thiocarbonyl (C=S) groups is 1. The molecule has 5 nitrogen and oxygen atoms in total. The average Bonchev–Trinajstić information content (AvgIpc) is 3.46. The number of benzene rings is 2. The van der Waals surface area contributed by atoms with E-state index < -0.39 is 0 Å². The Morgan fingerprint density at radius 3 is 2.42 bits per heavy atom. The summed E-state index contributed by atoms with van der Waals surface area (Å²) in [7, 11) is 0. The highest BCUT2D eigenvalue weighted by atomic mass is 32.2. The summed E-state index contributed by atoms with van der Waals surface area (Å²) in [6.45, 7) is 7.84. The van der Waals surface area contributed by atoms with Crippen molar-refractivity contribution in [3.05, 3.63) is 71.3 Å². The molecule has 1 amide bonds. The Morgan fingerprint density at radius 1 is 1.00 bits per heavy atom. The zero-order valence-electron chi connectivity index (χ0n) is 22.6. The molecule has 0 radical (unpaired) electrons. The molecule has 200 valence electrons. The standard InChI is InChI=1S/C31H37N3O2S2/c1-4-5-6-7-8-12-19-33-30(35)28(38-31(33)37)20-25-21-34(26-13-10-9-11-14-26)32-29(25)24-15-17-27(18-16-24)36-22-23(2)3/h9-11,13-18,20-21,23H,4-8,12,19,22H2,1-3H3/b28-20-. The van der Waals surface area contributed by atoms with Crippen molar-refractivity contribution in [1.82, 2.24) is 14.7 Å². The van der Waals surface area contributed by atoms with Crippen LogP contribution in [0.4, 0.5) is 0 Å². The number of hydrogen-bond acceptors (Lipinski definition) is 5. The molecule has 0 spiro atoms. The summed E-state index contributed by atoms with van der Waals surface area (Å²) in [5, 5.41) is 4.91. The minimum Gasteiger partial charge on any atom is -0.493 e. The zero-order valence-corrected chi connectivity index (χ0v) is 24.2. The number of para-hydroxylation sites is 1. The number of nitrogens with zero attached hydrogens (tertiary/aromatic N) is 3. The first kappa shape index (κ1) is 28.1. The minimum atomic E-state index is -0.00981. The smallest absolute Gasteiger partial charge is 0.266 e. The quantitative estimate of drug-likeness (QED) is 0.123. The molecule has 0 saturated carbocycles. The molecule has 2 heterocycles. The lowest BCUT2D eigenvalue weighted by Gasteiger charge is -2.14. The van der Waals surface area contributed by atoms with E-state index in [1.54, 1.807) is 4.90 Å². The summed E-state index contributed by atoms with van der Waals surface area (Å²) in [5.74, 6) is 1.29. The fraction of sp³-hybridized carbons (Fsp3) is 0.387. The van der Waals surface area contributed by atoms with Gasteiger partial charge in [-0.15, -0.1) is 0 Å². The van der Waals surface area contributed by atoms with Gasteiger partial charge in [0.2, 0.25) is 0 Å². The topological polar surface area (TPSA) is 47.4 Å². The second kappa shape index (κ2) is 13.8. The van der Waals surface area contributed by atoms with Gasteiger partial charge in [0.25, 0.3) is 5.91 Å². The predicted octanol–water partition coefficient (Wildman–Crippen LogP) is 8.14. The molecule has 2 aromatic carbocycles. The monoisotopic (exact) mass is 547 g/mol. The number of aromatic nitrogens is 2. The van der Waals surface area contributed by atoms with Crippen molar-refractivity contribution in [1.29, 1.82) is 0 Å². The number of amides is 1. The van der Waals surface area contributed by atoms with Gasteiger partial charge in [0.05, 0.1) is 22.9 Å². The molecular formula is C31H37N3O2S2. The summed E-state index contributed by atoms with van der Waals surface area (Å²) in [4.78, 5) is 15.7. The maximum absolute atomic E-state index is 13.3. The van der Waals surface area contributed by atoms with Crippen molar-refractivity contribution < 1.29 is 9.53 Å². The molecule has 7 heteroatoms. The van der Waals surface area contributed by atoms with Crippen LogP contribution in [0, 0.1) is 5.92 Å². The van der Waals surface area contributed by atoms with E-state index in [9.17, 15) is 4.79 Å². The van der Waals surface area contributed by atoms with Crippen LogP contribution >= 0.6 is 24.0 Å². The Labute approximate surface area is 236 Å². The van der Waals surface area contributed by atoms with Gasteiger partial charge in [0.1, 0.15) is 10.1 Å². The lowest BCUT2D eigenvalue weighted by molar-refractivity contribution is -0.122. The van der Waals surface area contributed by atoms with Gasteiger partial charge in [0, 0.05) is 23.9 Å². The van der Waals surface area contributed by atoms with Crippen LogP contribution in [0.1, 0.15) is 64.9 Å². The SMILES string of the molecule is CCCCCCCCN1C(=O)/C(=C/c2cn(-c3ccccc3)nc2-c2ccc(OCC(C)C)cc2)SC1=S. The van der Waals surface area contributed by atoms with Crippen LogP contribution in [0.25, 0.3) is 23.0 Å². The predicted molar refractivity (Wildman–Crippen MR) is 163 cm³/mol. The molecule has 1 aliphatic rings. The average molecular weight is 548 g/mol. The molecule has 3 aromatic rings. The van der Waals surface area contributed by atoms with Gasteiger partial charge in [-0.2, -0.15) is 5.10 Å². The van der Waals surface area contributed by atoms with E-state index in [-0.39, 0.29) is 5.91 Å². The maximum atomic E-state index is 13.3. The molecule has 1 saturated heterocycles. The van der Waals surface area contributed by atoms with Crippen molar-refractivity contribution >= 4 is 40.3 Å². The summed E-state index contributed by atoms with van der Waals surface area (Å²) in [5.41, 5.74) is 3.61. The van der Waals surface area contributed by atoms with Crippen LogP contribution in [0.2, 0.25) is 0 Å². The molecule has 1 fully saturated rings. The first-order valence-electron chi connectivity index (χ1n) is 13.6. The first-order valence-corrected chi connectivity index (χ1v) is 14.8. The van der Waals surface area contributed by atoms with E-state index in [4.69, 9.17) is 22.1 Å². The maximum Gasteiger partial charge on any atom is 0.266 e. The van der Waals surface area contributed by atoms with E-state index in [1.165, 1.54) is 37.4 Å². The van der Waals surface area contributed by atoms with Gasteiger partial charge in [-0.1, -0.05) is 95.1 Å². The van der Waals surface area contributed by atoms with Crippen molar-refractivity contribution in [2.45, 2.75) is 59.3 Å². The molecule has 1 aromatic heterocycles. The van der Waals surface area contributed by atoms with Gasteiger partial charge in [0.15, 0.2) is 0 Å². The van der Waals surface area contributed by atoms with E-state index in [1.807, 2.05) is 71.6 Å². The van der Waals surface area contributed by atoms with Gasteiger partial charge in [-0.3, -0.25) is 9.69 Å². The van der Waals surface area contributed by atoms with E-state index in [0.717, 1.165) is 41.1 Å². The van der Waals surface area contributed by atoms with Gasteiger partial charge in [-0.05, 0) is 54.8 Å². The van der Waals surface area contributed by atoms with Crippen LogP contribution in [0.5, 0.6) is 5.75 Å². The van der Waals surface area contributed by atoms with Crippen LogP contribution < -0.4 is 4.74 Å². The van der Waals surface area contributed by atoms with Gasteiger partial charge >= 0.3 is 0 Å². The fourth-order valence-electron chi connectivity index (χ4n) is 4.29. The lowest BCUT2D eigenvalue weighted by Crippen LogP contribution is -2.29. The number of thioether (sulfide) groups is 1. The highest BCUT2D eigenvalue weighted by Crippen LogP contribution is 2.35. The lowest BCUT2D eigenvalue weighted by atomic mass is 10.1. The number of rotatable bonds is 13. The van der Waals surface area contributed by atoms with Crippen molar-refractivity contribution in [2.24, 2.45) is 5.92 Å². The summed E-state index contributed by atoms with van der Waals surface area (Å²) < 4.78 is 8.36. The van der Waals surface area contributed by atoms with Gasteiger partial charge in [-0.25, -0.2) is 4.68 Å². The summed E-state index contributed by atoms with van der Waals surface area (Å²) in [6.07, 6.45) is 11.0. The normalized spacial score (nSPS) is 14.7. The van der Waals surface area contributed by atoms with Crippen LogP contribution in [-0.4, -0.2) is 38.1 Å². The van der Waals surface area contributed by atoms with Crippen LogP contribution in [0.15, 0.2) is 65.7 Å². The zero-order chi connectivity index (χ0) is 26.9. The third-order valence-corrected chi connectivity index (χ3v) is 7.75. The van der Waals surface area contributed by atoms with E-state index in [0.29, 0.717) is 28.3 Å². The second-order valence-corrected chi connectivity index (χ2v) is 11.7. The Bertz CT molecular complexity index is 1250. The first-order chi connectivity index (χ1) is 18.5. The third kappa shape index (κ3) is 7.35. The molecule has 0 aliphatic carbocycles. The number of carbonyl (C=O) groups excluding carboxylic acids is 1. The number of unbranched alkanes of at least 4 members (excludes halogenated alkanes) is 5. The molecule has 0 unspecified atom stereocenters. The molecule has 1 aliphatic heterocycles.